The van der Waals surface area contributed by atoms with E-state index in [9.17, 15) is 22.4 Å². The van der Waals surface area contributed by atoms with E-state index in [4.69, 9.17) is 0 Å². The van der Waals surface area contributed by atoms with Crippen molar-refractivity contribution in [3.63, 3.8) is 0 Å². The number of aromatic nitrogens is 2. The number of hydrogen-bond acceptors (Lipinski definition) is 5. The summed E-state index contributed by atoms with van der Waals surface area (Å²) in [5.41, 5.74) is 5.07. The van der Waals surface area contributed by atoms with Crippen LogP contribution in [0.2, 0.25) is 0 Å². The first-order chi connectivity index (χ1) is 18.1. The van der Waals surface area contributed by atoms with Crippen LogP contribution in [0.25, 0.3) is 44.0 Å². The summed E-state index contributed by atoms with van der Waals surface area (Å²) in [7, 11) is -5.17. The van der Waals surface area contributed by atoms with Gasteiger partial charge in [-0.1, -0.05) is 35.9 Å². The second kappa shape index (κ2) is 8.71. The predicted molar refractivity (Wildman–Crippen MR) is 145 cm³/mol. The Balaban J connectivity index is 1.69. The Morgan fingerprint density at radius 2 is 1.92 bits per heavy atom. The van der Waals surface area contributed by atoms with E-state index < -0.39 is 10.5 Å². The van der Waals surface area contributed by atoms with E-state index in [1.165, 1.54) is 12.1 Å². The molecular weight excluding hydrogens is 505 g/mol. The molecule has 1 aliphatic rings. The SMILES string of the molecule is CC(C)Cc1cc2c(=O)c3c4ccc(C#N)cc4[nH]c3n(C3CC3)c2cc1-c1cccc(OS(=O)(=O)F)c1. The topological polar surface area (TPSA) is 105 Å². The average Bonchev–Trinajstić information content (AvgIpc) is 3.62. The van der Waals surface area contributed by atoms with Crippen LogP contribution >= 0.6 is 0 Å². The molecule has 0 aliphatic heterocycles. The molecule has 7 nitrogen and oxygen atoms in total. The van der Waals surface area contributed by atoms with E-state index in [1.54, 1.807) is 18.2 Å². The Bertz CT molecular complexity index is 1980. The third-order valence-corrected chi connectivity index (χ3v) is 7.37. The van der Waals surface area contributed by atoms with Crippen molar-refractivity contribution in [1.82, 2.24) is 9.55 Å². The number of halogens is 1. The van der Waals surface area contributed by atoms with Crippen molar-refractivity contribution in [2.24, 2.45) is 5.92 Å². The third kappa shape index (κ3) is 4.21. The summed E-state index contributed by atoms with van der Waals surface area (Å²) >= 11 is 0. The number of hydrogen-bond donors (Lipinski definition) is 1. The van der Waals surface area contributed by atoms with Crippen molar-refractivity contribution in [1.29, 1.82) is 5.26 Å². The molecule has 1 saturated carbocycles. The van der Waals surface area contributed by atoms with E-state index in [0.717, 1.165) is 46.0 Å². The Morgan fingerprint density at radius 1 is 1.13 bits per heavy atom. The number of rotatable bonds is 6. The van der Waals surface area contributed by atoms with Gasteiger partial charge in [0.15, 0.2) is 5.43 Å². The lowest BCUT2D eigenvalue weighted by atomic mass is 9.91. The third-order valence-electron chi connectivity index (χ3n) is 6.98. The second-order valence-corrected chi connectivity index (χ2v) is 11.2. The van der Waals surface area contributed by atoms with E-state index in [1.807, 2.05) is 24.3 Å². The smallest absolute Gasteiger partial charge is 0.358 e. The van der Waals surface area contributed by atoms with Crippen molar-refractivity contribution in [2.75, 3.05) is 0 Å². The number of nitriles is 1. The van der Waals surface area contributed by atoms with Crippen molar-refractivity contribution < 1.29 is 16.5 Å². The van der Waals surface area contributed by atoms with Gasteiger partial charge in [-0.25, -0.2) is 0 Å². The van der Waals surface area contributed by atoms with Gasteiger partial charge in [-0.3, -0.25) is 4.79 Å². The molecule has 0 unspecified atom stereocenters. The van der Waals surface area contributed by atoms with Crippen LogP contribution in [0.1, 0.15) is 43.9 Å². The number of nitrogens with zero attached hydrogens (tertiary/aromatic N) is 2. The maximum atomic E-state index is 14.0. The molecule has 0 atom stereocenters. The largest absolute Gasteiger partial charge is 0.488 e. The minimum Gasteiger partial charge on any atom is -0.358 e. The number of H-pyrrole nitrogens is 1. The predicted octanol–water partition coefficient (Wildman–Crippen LogP) is 6.30. The quantitative estimate of drug-likeness (QED) is 0.260. The summed E-state index contributed by atoms with van der Waals surface area (Å²) in [6.07, 6.45) is 2.64. The van der Waals surface area contributed by atoms with Crippen LogP contribution in [-0.2, 0) is 16.9 Å². The molecule has 38 heavy (non-hydrogen) atoms. The summed E-state index contributed by atoms with van der Waals surface area (Å²) < 4.78 is 42.1. The molecule has 0 radical (unpaired) electrons. The van der Waals surface area contributed by atoms with Gasteiger partial charge < -0.3 is 13.7 Å². The highest BCUT2D eigenvalue weighted by Crippen LogP contribution is 2.42. The molecule has 1 N–H and O–H groups in total. The summed E-state index contributed by atoms with van der Waals surface area (Å²) in [6.45, 7) is 4.17. The number of aromatic amines is 1. The highest BCUT2D eigenvalue weighted by atomic mass is 32.3. The Labute approximate surface area is 218 Å². The molecule has 0 saturated heterocycles. The van der Waals surface area contributed by atoms with Crippen molar-refractivity contribution in [3.05, 3.63) is 75.9 Å². The van der Waals surface area contributed by atoms with Crippen LogP contribution in [0, 0.1) is 17.2 Å². The number of nitrogens with one attached hydrogen (secondary N) is 1. The lowest BCUT2D eigenvalue weighted by Crippen LogP contribution is -2.12. The fourth-order valence-corrected chi connectivity index (χ4v) is 5.69. The average molecular weight is 530 g/mol. The van der Waals surface area contributed by atoms with Crippen molar-refractivity contribution in [3.8, 4) is 22.9 Å². The van der Waals surface area contributed by atoms with Crippen LogP contribution in [0.5, 0.6) is 5.75 Å². The normalized spacial score (nSPS) is 14.0. The zero-order valence-corrected chi connectivity index (χ0v) is 21.6. The molecule has 3 aromatic carbocycles. The fourth-order valence-electron chi connectivity index (χ4n) is 5.35. The molecule has 1 fully saturated rings. The van der Waals surface area contributed by atoms with Gasteiger partial charge in [-0.2, -0.15) is 13.7 Å². The van der Waals surface area contributed by atoms with E-state index in [2.05, 4.69) is 33.7 Å². The first-order valence-electron chi connectivity index (χ1n) is 12.4. The van der Waals surface area contributed by atoms with E-state index in [0.29, 0.717) is 28.3 Å². The summed E-state index contributed by atoms with van der Waals surface area (Å²) in [5.74, 6) is 0.156. The van der Waals surface area contributed by atoms with Crippen LogP contribution < -0.4 is 9.61 Å². The van der Waals surface area contributed by atoms with Crippen LogP contribution in [0.3, 0.4) is 0 Å². The Kier molecular flexibility index (Phi) is 5.54. The molecule has 2 heterocycles. The Morgan fingerprint density at radius 3 is 2.61 bits per heavy atom. The van der Waals surface area contributed by atoms with Gasteiger partial charge in [0.05, 0.1) is 22.5 Å². The maximum absolute atomic E-state index is 14.0. The number of benzene rings is 3. The zero-order valence-electron chi connectivity index (χ0n) is 20.8. The lowest BCUT2D eigenvalue weighted by Gasteiger charge is -2.18. The van der Waals surface area contributed by atoms with Gasteiger partial charge in [-0.05, 0) is 78.3 Å². The standard InChI is InChI=1S/C29H24FN3O4S/c1-16(2)10-19-13-24-26(14-23(19)18-4-3-5-21(12-18)37-38(30,35)36)33(20-7-8-20)29-27(28(24)34)22-9-6-17(15-31)11-25(22)32-29/h3-6,9,11-14,16,20,32H,7-8,10H2,1-2H3. The summed E-state index contributed by atoms with van der Waals surface area (Å²) in [4.78, 5) is 17.4. The van der Waals surface area contributed by atoms with Gasteiger partial charge in [-0.15, -0.1) is 0 Å². The molecule has 2 aromatic heterocycles. The van der Waals surface area contributed by atoms with Gasteiger partial charge in [0, 0.05) is 22.3 Å². The molecule has 6 rings (SSSR count). The van der Waals surface area contributed by atoms with E-state index >= 15 is 0 Å². The van der Waals surface area contributed by atoms with Crippen molar-refractivity contribution >= 4 is 43.3 Å². The summed E-state index contributed by atoms with van der Waals surface area (Å²) in [6, 6.07) is 17.9. The second-order valence-electron chi connectivity index (χ2n) is 10.3. The van der Waals surface area contributed by atoms with Crippen LogP contribution in [0.15, 0.2) is 59.4 Å². The minimum atomic E-state index is -5.17. The Hall–Kier alpha value is -4.16. The van der Waals surface area contributed by atoms with E-state index in [-0.39, 0.29) is 23.1 Å². The first kappa shape index (κ1) is 24.2. The number of fused-ring (bicyclic) bond motifs is 4. The lowest BCUT2D eigenvalue weighted by molar-refractivity contribution is 0.440. The summed E-state index contributed by atoms with van der Waals surface area (Å²) in [5, 5.41) is 11.4. The van der Waals surface area contributed by atoms with Gasteiger partial charge in [0.1, 0.15) is 11.4 Å². The molecule has 5 aromatic rings. The molecule has 0 amide bonds. The fraction of sp³-hybridized carbons (Fsp3) is 0.241. The van der Waals surface area contributed by atoms with Gasteiger partial charge in [0.25, 0.3) is 0 Å². The van der Waals surface area contributed by atoms with Gasteiger partial charge in [0.2, 0.25) is 0 Å². The monoisotopic (exact) mass is 529 g/mol. The van der Waals surface area contributed by atoms with Crippen molar-refractivity contribution in [2.45, 2.75) is 39.2 Å². The molecule has 9 heteroatoms. The maximum Gasteiger partial charge on any atom is 0.488 e. The highest BCUT2D eigenvalue weighted by molar-refractivity contribution is 7.81. The molecule has 1 aliphatic carbocycles. The molecule has 192 valence electrons. The van der Waals surface area contributed by atoms with Crippen LogP contribution in [-0.4, -0.2) is 18.0 Å². The highest BCUT2D eigenvalue weighted by Gasteiger charge is 2.29. The number of pyridine rings is 1. The van der Waals surface area contributed by atoms with Gasteiger partial charge >= 0.3 is 10.5 Å². The minimum absolute atomic E-state index is 0.0833. The molecule has 0 bridgehead atoms. The zero-order chi connectivity index (χ0) is 26.8. The molecule has 0 spiro atoms. The molecular formula is C29H24FN3O4S. The van der Waals surface area contributed by atoms with Crippen LogP contribution in [0.4, 0.5) is 3.89 Å². The first-order valence-corrected chi connectivity index (χ1v) is 13.7.